The number of hydrogen-bond acceptors (Lipinski definition) is 4. The molecule has 1 unspecified atom stereocenters. The molecule has 1 atom stereocenters. The van der Waals surface area contributed by atoms with Crippen molar-refractivity contribution in [2.24, 2.45) is 0 Å². The molecular weight excluding hydrogens is 302 g/mol. The number of sulfone groups is 1. The number of thiophene rings is 1. The third kappa shape index (κ3) is 3.66. The second-order valence-electron chi connectivity index (χ2n) is 5.24. The summed E-state index contributed by atoms with van der Waals surface area (Å²) in [6, 6.07) is 9.31. The van der Waals surface area contributed by atoms with Gasteiger partial charge in [-0.1, -0.05) is 19.1 Å². The van der Waals surface area contributed by atoms with Crippen molar-refractivity contribution in [3.05, 3.63) is 45.6 Å². The van der Waals surface area contributed by atoms with E-state index in [4.69, 9.17) is 0 Å². The molecule has 2 aromatic rings. The Morgan fingerprint density at radius 1 is 1.29 bits per heavy atom. The molecule has 0 aliphatic carbocycles. The Hall–Kier alpha value is -1.33. The first-order valence-electron chi connectivity index (χ1n) is 6.97. The van der Waals surface area contributed by atoms with E-state index in [2.05, 4.69) is 32.2 Å². The molecular formula is C16H21NO2S2. The van der Waals surface area contributed by atoms with E-state index in [1.54, 1.807) is 23.5 Å². The SMILES string of the molecule is CCc1sc(C(C)Nc2ccccc2S(C)(=O)=O)cc1C. The van der Waals surface area contributed by atoms with E-state index in [9.17, 15) is 8.42 Å². The van der Waals surface area contributed by atoms with Gasteiger partial charge < -0.3 is 5.32 Å². The maximum Gasteiger partial charge on any atom is 0.177 e. The van der Waals surface area contributed by atoms with Crippen LogP contribution in [0.4, 0.5) is 5.69 Å². The fourth-order valence-corrected chi connectivity index (χ4v) is 4.30. The highest BCUT2D eigenvalue weighted by Crippen LogP contribution is 2.31. The lowest BCUT2D eigenvalue weighted by Crippen LogP contribution is -2.09. The van der Waals surface area contributed by atoms with Gasteiger partial charge in [0.1, 0.15) is 0 Å². The Labute approximate surface area is 130 Å². The Kier molecular flexibility index (Phi) is 4.74. The Morgan fingerprint density at radius 3 is 2.52 bits per heavy atom. The minimum Gasteiger partial charge on any atom is -0.377 e. The van der Waals surface area contributed by atoms with Crippen molar-refractivity contribution in [2.75, 3.05) is 11.6 Å². The fraction of sp³-hybridized carbons (Fsp3) is 0.375. The van der Waals surface area contributed by atoms with Gasteiger partial charge in [-0.05, 0) is 44.0 Å². The summed E-state index contributed by atoms with van der Waals surface area (Å²) in [5.74, 6) is 0. The largest absolute Gasteiger partial charge is 0.377 e. The van der Waals surface area contributed by atoms with Crippen LogP contribution in [0.3, 0.4) is 0 Å². The number of nitrogens with one attached hydrogen (secondary N) is 1. The maximum absolute atomic E-state index is 11.8. The van der Waals surface area contributed by atoms with Gasteiger partial charge in [0.25, 0.3) is 0 Å². The van der Waals surface area contributed by atoms with Crippen molar-refractivity contribution in [1.82, 2.24) is 0 Å². The maximum atomic E-state index is 11.8. The van der Waals surface area contributed by atoms with E-state index in [1.165, 1.54) is 21.6 Å². The van der Waals surface area contributed by atoms with Crippen LogP contribution in [0.5, 0.6) is 0 Å². The first-order chi connectivity index (χ1) is 9.82. The van der Waals surface area contributed by atoms with Gasteiger partial charge in [0.05, 0.1) is 16.6 Å². The number of aryl methyl sites for hydroxylation is 2. The standard InChI is InChI=1S/C16H21NO2S2/c1-5-14-11(2)10-15(20-14)12(3)17-13-8-6-7-9-16(13)21(4,18)19/h6-10,12,17H,5H2,1-4H3. The molecule has 1 N–H and O–H groups in total. The van der Waals surface area contributed by atoms with Crippen molar-refractivity contribution >= 4 is 26.9 Å². The average molecular weight is 323 g/mol. The van der Waals surface area contributed by atoms with Crippen molar-refractivity contribution in [1.29, 1.82) is 0 Å². The highest BCUT2D eigenvalue weighted by molar-refractivity contribution is 7.90. The zero-order valence-electron chi connectivity index (χ0n) is 12.8. The van der Waals surface area contributed by atoms with E-state index in [0.29, 0.717) is 10.6 Å². The van der Waals surface area contributed by atoms with Gasteiger partial charge in [0.2, 0.25) is 0 Å². The summed E-state index contributed by atoms with van der Waals surface area (Å²) >= 11 is 1.79. The number of para-hydroxylation sites is 1. The van der Waals surface area contributed by atoms with E-state index >= 15 is 0 Å². The molecule has 5 heteroatoms. The molecule has 2 rings (SSSR count). The monoisotopic (exact) mass is 323 g/mol. The van der Waals surface area contributed by atoms with Crippen LogP contribution in [-0.4, -0.2) is 14.7 Å². The molecule has 1 heterocycles. The summed E-state index contributed by atoms with van der Waals surface area (Å²) in [7, 11) is -3.23. The Balaban J connectivity index is 2.29. The number of rotatable bonds is 5. The van der Waals surface area contributed by atoms with Crippen molar-refractivity contribution in [3.63, 3.8) is 0 Å². The normalized spacial score (nSPS) is 13.1. The van der Waals surface area contributed by atoms with Crippen LogP contribution < -0.4 is 5.32 Å². The third-order valence-corrected chi connectivity index (χ3v) is 6.17. The van der Waals surface area contributed by atoms with Gasteiger partial charge >= 0.3 is 0 Å². The lowest BCUT2D eigenvalue weighted by molar-refractivity contribution is 0.602. The number of anilines is 1. The summed E-state index contributed by atoms with van der Waals surface area (Å²) in [6.07, 6.45) is 2.27. The van der Waals surface area contributed by atoms with Crippen molar-refractivity contribution in [2.45, 2.75) is 38.1 Å². The van der Waals surface area contributed by atoms with Crippen LogP contribution in [0, 0.1) is 6.92 Å². The summed E-state index contributed by atoms with van der Waals surface area (Å²) < 4.78 is 23.7. The van der Waals surface area contributed by atoms with Gasteiger partial charge in [0.15, 0.2) is 9.84 Å². The van der Waals surface area contributed by atoms with Crippen LogP contribution >= 0.6 is 11.3 Å². The molecule has 0 saturated carbocycles. The minimum absolute atomic E-state index is 0.0805. The molecule has 0 aliphatic rings. The fourth-order valence-electron chi connectivity index (χ4n) is 2.32. The molecule has 114 valence electrons. The van der Waals surface area contributed by atoms with Crippen molar-refractivity contribution < 1.29 is 8.42 Å². The lowest BCUT2D eigenvalue weighted by Gasteiger charge is -2.16. The van der Waals surface area contributed by atoms with Gasteiger partial charge in [-0.15, -0.1) is 11.3 Å². The highest BCUT2D eigenvalue weighted by Gasteiger charge is 2.16. The van der Waals surface area contributed by atoms with Crippen LogP contribution in [-0.2, 0) is 16.3 Å². The topological polar surface area (TPSA) is 46.2 Å². The molecule has 0 aliphatic heterocycles. The quantitative estimate of drug-likeness (QED) is 0.897. The minimum atomic E-state index is -3.23. The molecule has 0 fully saturated rings. The van der Waals surface area contributed by atoms with Gasteiger partial charge in [-0.25, -0.2) is 8.42 Å². The van der Waals surface area contributed by atoms with E-state index in [-0.39, 0.29) is 6.04 Å². The first kappa shape index (κ1) is 16.0. The molecule has 0 saturated heterocycles. The molecule has 3 nitrogen and oxygen atoms in total. The molecule has 0 amide bonds. The van der Waals surface area contributed by atoms with Gasteiger partial charge in [-0.2, -0.15) is 0 Å². The Bertz CT molecular complexity index is 732. The predicted molar refractivity (Wildman–Crippen MR) is 90.0 cm³/mol. The van der Waals surface area contributed by atoms with Crippen LogP contribution in [0.25, 0.3) is 0 Å². The predicted octanol–water partition coefficient (Wildman–Crippen LogP) is 4.20. The van der Waals surface area contributed by atoms with Crippen LogP contribution in [0.2, 0.25) is 0 Å². The molecule has 21 heavy (non-hydrogen) atoms. The summed E-state index contributed by atoms with van der Waals surface area (Å²) in [5, 5.41) is 3.33. The zero-order valence-corrected chi connectivity index (χ0v) is 14.4. The lowest BCUT2D eigenvalue weighted by atomic mass is 10.2. The summed E-state index contributed by atoms with van der Waals surface area (Å²) in [5.41, 5.74) is 1.97. The van der Waals surface area contributed by atoms with Crippen LogP contribution in [0.15, 0.2) is 35.2 Å². The molecule has 0 spiro atoms. The summed E-state index contributed by atoms with van der Waals surface area (Å²) in [4.78, 5) is 2.96. The number of benzene rings is 1. The van der Waals surface area contributed by atoms with Crippen LogP contribution in [0.1, 0.15) is 35.2 Å². The van der Waals surface area contributed by atoms with Gasteiger partial charge in [0, 0.05) is 16.0 Å². The number of hydrogen-bond donors (Lipinski definition) is 1. The summed E-state index contributed by atoms with van der Waals surface area (Å²) in [6.45, 7) is 6.33. The highest BCUT2D eigenvalue weighted by atomic mass is 32.2. The zero-order chi connectivity index (χ0) is 15.6. The smallest absolute Gasteiger partial charge is 0.177 e. The molecule has 1 aromatic carbocycles. The Morgan fingerprint density at radius 2 is 1.95 bits per heavy atom. The van der Waals surface area contributed by atoms with Crippen molar-refractivity contribution in [3.8, 4) is 0 Å². The van der Waals surface area contributed by atoms with Gasteiger partial charge in [-0.3, -0.25) is 0 Å². The molecule has 0 radical (unpaired) electrons. The first-order valence-corrected chi connectivity index (χ1v) is 9.68. The third-order valence-electron chi connectivity index (χ3n) is 3.45. The van der Waals surface area contributed by atoms with E-state index in [0.717, 1.165) is 6.42 Å². The second-order valence-corrected chi connectivity index (χ2v) is 8.40. The average Bonchev–Trinajstić information content (AvgIpc) is 2.79. The molecule has 0 bridgehead atoms. The second kappa shape index (κ2) is 6.20. The van der Waals surface area contributed by atoms with E-state index < -0.39 is 9.84 Å². The van der Waals surface area contributed by atoms with E-state index in [1.807, 2.05) is 12.1 Å². The molecule has 1 aromatic heterocycles.